The fourth-order valence-electron chi connectivity index (χ4n) is 3.31. The molecule has 0 radical (unpaired) electrons. The largest absolute Gasteiger partial charge is 0.348 e. The maximum Gasteiger partial charge on any atom is 0.169 e. The number of rotatable bonds is 3. The summed E-state index contributed by atoms with van der Waals surface area (Å²) in [5.74, 6) is 3.63. The standard InChI is InChI=1S/C19H30O2Si/c1-5-9-17-11-12-19(20-13-14-21-19)16-18(17)10-7-6-8-15-22(2,3)4/h5,18H,6-7,10-14,16H2,1-4H3. The van der Waals surface area contributed by atoms with Crippen molar-refractivity contribution in [2.45, 2.75) is 70.9 Å². The summed E-state index contributed by atoms with van der Waals surface area (Å²) in [6.45, 7) is 10.4. The van der Waals surface area contributed by atoms with Crippen LogP contribution < -0.4 is 0 Å². The van der Waals surface area contributed by atoms with E-state index in [9.17, 15) is 0 Å². The van der Waals surface area contributed by atoms with Gasteiger partial charge in [-0.2, -0.15) is 0 Å². The van der Waals surface area contributed by atoms with Crippen LogP contribution in [0.2, 0.25) is 19.6 Å². The van der Waals surface area contributed by atoms with Crippen LogP contribution in [0.1, 0.15) is 45.4 Å². The van der Waals surface area contributed by atoms with Crippen LogP contribution in [0.3, 0.4) is 0 Å². The summed E-state index contributed by atoms with van der Waals surface area (Å²) < 4.78 is 11.8. The highest BCUT2D eigenvalue weighted by molar-refractivity contribution is 6.83. The van der Waals surface area contributed by atoms with Gasteiger partial charge in [0.1, 0.15) is 8.07 Å². The molecular weight excluding hydrogens is 288 g/mol. The van der Waals surface area contributed by atoms with Gasteiger partial charge in [-0.25, -0.2) is 0 Å². The second-order valence-electron chi connectivity index (χ2n) is 7.41. The zero-order valence-corrected chi connectivity index (χ0v) is 15.6. The van der Waals surface area contributed by atoms with Crippen LogP contribution >= 0.6 is 0 Å². The van der Waals surface area contributed by atoms with E-state index in [1.165, 1.54) is 12.0 Å². The number of unbranched alkanes of at least 4 members (excludes halogenated alkanes) is 1. The predicted octanol–water partition coefficient (Wildman–Crippen LogP) is 4.68. The van der Waals surface area contributed by atoms with Crippen molar-refractivity contribution < 1.29 is 9.47 Å². The fraction of sp³-hybridized carbons (Fsp3) is 0.737. The quantitative estimate of drug-likeness (QED) is 0.325. The van der Waals surface area contributed by atoms with E-state index in [0.717, 1.165) is 45.3 Å². The van der Waals surface area contributed by atoms with E-state index in [1.54, 1.807) is 0 Å². The summed E-state index contributed by atoms with van der Waals surface area (Å²) in [6, 6.07) is 0. The molecule has 3 heteroatoms. The summed E-state index contributed by atoms with van der Waals surface area (Å²) in [6.07, 6.45) is 8.41. The van der Waals surface area contributed by atoms with Gasteiger partial charge in [0.15, 0.2) is 5.79 Å². The highest BCUT2D eigenvalue weighted by Gasteiger charge is 2.42. The van der Waals surface area contributed by atoms with Gasteiger partial charge in [0, 0.05) is 19.3 Å². The minimum Gasteiger partial charge on any atom is -0.348 e. The lowest BCUT2D eigenvalue weighted by Crippen LogP contribution is -2.37. The first-order chi connectivity index (χ1) is 10.4. The van der Waals surface area contributed by atoms with Crippen LogP contribution in [0.25, 0.3) is 0 Å². The van der Waals surface area contributed by atoms with Gasteiger partial charge in [0.05, 0.1) is 13.2 Å². The fourth-order valence-corrected chi connectivity index (χ4v) is 3.96. The van der Waals surface area contributed by atoms with Gasteiger partial charge in [-0.3, -0.25) is 0 Å². The van der Waals surface area contributed by atoms with Crippen LogP contribution in [-0.2, 0) is 9.47 Å². The first-order valence-electron chi connectivity index (χ1n) is 8.62. The zero-order valence-electron chi connectivity index (χ0n) is 14.6. The highest BCUT2D eigenvalue weighted by Crippen LogP contribution is 2.42. The topological polar surface area (TPSA) is 18.5 Å². The lowest BCUT2D eigenvalue weighted by molar-refractivity contribution is -0.180. The molecule has 1 aliphatic heterocycles. The molecule has 0 aromatic carbocycles. The van der Waals surface area contributed by atoms with Crippen LogP contribution in [0.5, 0.6) is 0 Å². The van der Waals surface area contributed by atoms with Crippen molar-refractivity contribution >= 4 is 8.07 Å². The normalized spacial score (nSPS) is 23.8. The van der Waals surface area contributed by atoms with E-state index in [4.69, 9.17) is 9.47 Å². The lowest BCUT2D eigenvalue weighted by Gasteiger charge is -2.37. The Bertz CT molecular complexity index is 492. The van der Waals surface area contributed by atoms with Crippen molar-refractivity contribution in [3.63, 3.8) is 0 Å². The van der Waals surface area contributed by atoms with Crippen LogP contribution in [0.15, 0.2) is 17.4 Å². The Hall–Kier alpha value is -0.783. The number of ether oxygens (including phenoxy) is 2. The lowest BCUT2D eigenvalue weighted by atomic mass is 9.78. The van der Waals surface area contributed by atoms with E-state index in [0.29, 0.717) is 5.92 Å². The number of hydrogen-bond acceptors (Lipinski definition) is 2. The Kier molecular flexibility index (Phi) is 6.12. The van der Waals surface area contributed by atoms with Crippen molar-refractivity contribution in [1.82, 2.24) is 0 Å². The van der Waals surface area contributed by atoms with Crippen molar-refractivity contribution in [3.05, 3.63) is 17.4 Å². The Morgan fingerprint density at radius 3 is 2.64 bits per heavy atom. The zero-order chi connectivity index (χ0) is 16.1. The summed E-state index contributed by atoms with van der Waals surface area (Å²) in [5, 5.41) is 0. The van der Waals surface area contributed by atoms with Gasteiger partial charge in [0.25, 0.3) is 0 Å². The minimum atomic E-state index is -1.22. The van der Waals surface area contributed by atoms with E-state index >= 15 is 0 Å². The molecule has 1 saturated heterocycles. The van der Waals surface area contributed by atoms with E-state index in [1.807, 2.05) is 6.08 Å². The third kappa shape index (κ3) is 5.14. The second-order valence-corrected chi connectivity index (χ2v) is 12.2. The van der Waals surface area contributed by atoms with E-state index in [2.05, 4.69) is 43.8 Å². The van der Waals surface area contributed by atoms with Crippen LogP contribution in [0.4, 0.5) is 0 Å². The van der Waals surface area contributed by atoms with Gasteiger partial charge in [-0.15, -0.1) is 17.2 Å². The Morgan fingerprint density at radius 1 is 1.27 bits per heavy atom. The molecule has 2 aliphatic rings. The molecule has 1 aliphatic carbocycles. The third-order valence-corrected chi connectivity index (χ3v) is 5.21. The maximum atomic E-state index is 5.91. The molecule has 0 aromatic rings. The molecule has 1 heterocycles. The molecule has 2 fully saturated rings. The molecular formula is C19H30O2Si. The molecule has 0 aromatic heterocycles. The number of hydrogen-bond donors (Lipinski definition) is 0. The SMILES string of the molecule is CC=C=C1CCC2(CC1CCCC#C[Si](C)(C)C)OCCO2. The second kappa shape index (κ2) is 7.66. The first kappa shape index (κ1) is 17.6. The van der Waals surface area contributed by atoms with Crippen LogP contribution in [-0.4, -0.2) is 27.1 Å². The van der Waals surface area contributed by atoms with Crippen molar-refractivity contribution in [2.24, 2.45) is 5.92 Å². The van der Waals surface area contributed by atoms with Crippen molar-refractivity contribution in [1.29, 1.82) is 0 Å². The summed E-state index contributed by atoms with van der Waals surface area (Å²) in [4.78, 5) is 0. The van der Waals surface area contributed by atoms with Gasteiger partial charge in [-0.05, 0) is 43.8 Å². The summed E-state index contributed by atoms with van der Waals surface area (Å²) in [5.41, 5.74) is 8.36. The number of allylic oxidation sites excluding steroid dienone is 1. The highest BCUT2D eigenvalue weighted by atomic mass is 28.3. The molecule has 22 heavy (non-hydrogen) atoms. The molecule has 1 saturated carbocycles. The molecule has 122 valence electrons. The molecule has 0 amide bonds. The summed E-state index contributed by atoms with van der Waals surface area (Å²) >= 11 is 0. The average Bonchev–Trinajstić information content (AvgIpc) is 2.89. The van der Waals surface area contributed by atoms with Gasteiger partial charge >= 0.3 is 0 Å². The first-order valence-corrected chi connectivity index (χ1v) is 12.1. The van der Waals surface area contributed by atoms with E-state index in [-0.39, 0.29) is 5.79 Å². The predicted molar refractivity (Wildman–Crippen MR) is 94.2 cm³/mol. The molecule has 0 bridgehead atoms. The van der Waals surface area contributed by atoms with Crippen LogP contribution in [0, 0.1) is 17.4 Å². The smallest absolute Gasteiger partial charge is 0.169 e. The minimum absolute atomic E-state index is 0.298. The Balaban J connectivity index is 1.92. The molecule has 0 N–H and O–H groups in total. The van der Waals surface area contributed by atoms with E-state index < -0.39 is 8.07 Å². The summed E-state index contributed by atoms with van der Waals surface area (Å²) in [7, 11) is -1.22. The monoisotopic (exact) mass is 318 g/mol. The molecule has 2 nitrogen and oxygen atoms in total. The average molecular weight is 319 g/mol. The van der Waals surface area contributed by atoms with Crippen molar-refractivity contribution in [2.75, 3.05) is 13.2 Å². The Morgan fingerprint density at radius 2 is 2.00 bits per heavy atom. The maximum absolute atomic E-state index is 5.91. The molecule has 1 unspecified atom stereocenters. The van der Waals surface area contributed by atoms with Gasteiger partial charge in [0.2, 0.25) is 0 Å². The van der Waals surface area contributed by atoms with Gasteiger partial charge < -0.3 is 9.47 Å². The third-order valence-electron chi connectivity index (χ3n) is 4.29. The molecule has 1 atom stereocenters. The molecule has 2 rings (SSSR count). The Labute approximate surface area is 137 Å². The molecule has 1 spiro atoms. The van der Waals surface area contributed by atoms with Crippen molar-refractivity contribution in [3.8, 4) is 11.5 Å². The van der Waals surface area contributed by atoms with Gasteiger partial charge in [-0.1, -0.05) is 19.6 Å².